The van der Waals surface area contributed by atoms with Crippen LogP contribution < -0.4 is 0 Å². The van der Waals surface area contributed by atoms with E-state index in [9.17, 15) is 0 Å². The molecule has 1 aromatic carbocycles. The average Bonchev–Trinajstić information content (AvgIpc) is 2.80. The van der Waals surface area contributed by atoms with Crippen molar-refractivity contribution in [1.29, 1.82) is 0 Å². The Kier molecular flexibility index (Phi) is 4.42. The molecule has 0 fully saturated rings. The Morgan fingerprint density at radius 1 is 1.17 bits per heavy atom. The Morgan fingerprint density at radius 2 is 1.89 bits per heavy atom. The van der Waals surface area contributed by atoms with Crippen molar-refractivity contribution < 1.29 is 0 Å². The molecule has 0 atom stereocenters. The molecule has 0 spiro atoms. The van der Waals surface area contributed by atoms with Gasteiger partial charge in [0.25, 0.3) is 0 Å². The Bertz CT molecular complexity index is 491. The summed E-state index contributed by atoms with van der Waals surface area (Å²) in [5, 5.41) is 9.61. The lowest BCUT2D eigenvalue weighted by Gasteiger charge is -2.09. The van der Waals surface area contributed by atoms with Crippen LogP contribution in [-0.2, 0) is 12.3 Å². The highest BCUT2D eigenvalue weighted by atomic mass is 32.2. The van der Waals surface area contributed by atoms with Crippen molar-refractivity contribution in [1.82, 2.24) is 14.8 Å². The summed E-state index contributed by atoms with van der Waals surface area (Å²) in [5.41, 5.74) is 1.32. The zero-order valence-electron chi connectivity index (χ0n) is 11.1. The van der Waals surface area contributed by atoms with Crippen molar-refractivity contribution in [2.45, 2.75) is 44.1 Å². The zero-order valence-corrected chi connectivity index (χ0v) is 11.9. The molecule has 0 saturated carbocycles. The molecule has 0 aliphatic heterocycles. The van der Waals surface area contributed by atoms with Gasteiger partial charge in [-0.2, -0.15) is 0 Å². The Balaban J connectivity index is 2.10. The molecule has 0 N–H and O–H groups in total. The van der Waals surface area contributed by atoms with E-state index in [1.165, 1.54) is 5.56 Å². The smallest absolute Gasteiger partial charge is 0.191 e. The van der Waals surface area contributed by atoms with Gasteiger partial charge in [0.2, 0.25) is 0 Å². The first-order chi connectivity index (χ1) is 8.72. The van der Waals surface area contributed by atoms with Gasteiger partial charge in [-0.15, -0.1) is 10.2 Å². The summed E-state index contributed by atoms with van der Waals surface area (Å²) in [6, 6.07) is 10.5. The molecule has 0 radical (unpaired) electrons. The third-order valence-corrected chi connectivity index (χ3v) is 3.83. The molecular weight excluding hydrogens is 242 g/mol. The normalized spacial score (nSPS) is 11.1. The number of rotatable bonds is 5. The summed E-state index contributed by atoms with van der Waals surface area (Å²) in [6.45, 7) is 7.38. The third-order valence-electron chi connectivity index (χ3n) is 2.79. The SMILES string of the molecule is CCn1c(SCc2ccccc2)nnc1C(C)C. The minimum absolute atomic E-state index is 0.420. The van der Waals surface area contributed by atoms with Crippen molar-refractivity contribution in [2.24, 2.45) is 0 Å². The van der Waals surface area contributed by atoms with Gasteiger partial charge in [-0.05, 0) is 12.5 Å². The topological polar surface area (TPSA) is 30.7 Å². The van der Waals surface area contributed by atoms with Gasteiger partial charge in [0.15, 0.2) is 5.16 Å². The van der Waals surface area contributed by atoms with E-state index >= 15 is 0 Å². The van der Waals surface area contributed by atoms with Crippen LogP contribution in [0.15, 0.2) is 35.5 Å². The summed E-state index contributed by atoms with van der Waals surface area (Å²) in [4.78, 5) is 0. The summed E-state index contributed by atoms with van der Waals surface area (Å²) in [5.74, 6) is 2.44. The van der Waals surface area contributed by atoms with E-state index in [4.69, 9.17) is 0 Å². The molecule has 2 rings (SSSR count). The lowest BCUT2D eigenvalue weighted by atomic mass is 10.2. The predicted molar refractivity (Wildman–Crippen MR) is 75.8 cm³/mol. The van der Waals surface area contributed by atoms with E-state index in [0.717, 1.165) is 23.3 Å². The van der Waals surface area contributed by atoms with Gasteiger partial charge in [-0.1, -0.05) is 55.9 Å². The maximum absolute atomic E-state index is 4.30. The van der Waals surface area contributed by atoms with Crippen molar-refractivity contribution in [2.75, 3.05) is 0 Å². The first-order valence-electron chi connectivity index (χ1n) is 6.32. The summed E-state index contributed by atoms with van der Waals surface area (Å²) in [6.07, 6.45) is 0. The molecular formula is C14H19N3S. The highest BCUT2D eigenvalue weighted by Gasteiger charge is 2.13. The monoisotopic (exact) mass is 261 g/mol. The number of hydrogen-bond donors (Lipinski definition) is 0. The first-order valence-corrected chi connectivity index (χ1v) is 7.30. The summed E-state index contributed by atoms with van der Waals surface area (Å²) < 4.78 is 2.21. The molecule has 3 nitrogen and oxygen atoms in total. The minimum Gasteiger partial charge on any atom is -0.306 e. The summed E-state index contributed by atoms with van der Waals surface area (Å²) >= 11 is 1.75. The zero-order chi connectivity index (χ0) is 13.0. The van der Waals surface area contributed by atoms with Gasteiger partial charge >= 0.3 is 0 Å². The molecule has 0 unspecified atom stereocenters. The fraction of sp³-hybridized carbons (Fsp3) is 0.429. The molecule has 18 heavy (non-hydrogen) atoms. The van der Waals surface area contributed by atoms with Crippen molar-refractivity contribution in [3.8, 4) is 0 Å². The average molecular weight is 261 g/mol. The van der Waals surface area contributed by atoms with Gasteiger partial charge in [-0.25, -0.2) is 0 Å². The molecule has 2 aromatic rings. The maximum atomic E-state index is 4.30. The van der Waals surface area contributed by atoms with Crippen molar-refractivity contribution in [3.05, 3.63) is 41.7 Å². The lowest BCUT2D eigenvalue weighted by Crippen LogP contribution is -2.04. The second-order valence-corrected chi connectivity index (χ2v) is 5.46. The molecule has 96 valence electrons. The van der Waals surface area contributed by atoms with Crippen molar-refractivity contribution >= 4 is 11.8 Å². The van der Waals surface area contributed by atoms with E-state index in [-0.39, 0.29) is 0 Å². The highest BCUT2D eigenvalue weighted by molar-refractivity contribution is 7.98. The minimum atomic E-state index is 0.420. The van der Waals surface area contributed by atoms with Crippen LogP contribution in [0.25, 0.3) is 0 Å². The van der Waals surface area contributed by atoms with E-state index in [2.05, 4.69) is 59.8 Å². The summed E-state index contributed by atoms with van der Waals surface area (Å²) in [7, 11) is 0. The van der Waals surface area contributed by atoms with Crippen LogP contribution >= 0.6 is 11.8 Å². The van der Waals surface area contributed by atoms with Crippen LogP contribution in [0.5, 0.6) is 0 Å². The fourth-order valence-electron chi connectivity index (χ4n) is 1.85. The van der Waals surface area contributed by atoms with Crippen molar-refractivity contribution in [3.63, 3.8) is 0 Å². The van der Waals surface area contributed by atoms with Crippen LogP contribution in [-0.4, -0.2) is 14.8 Å². The standard InChI is InChI=1S/C14H19N3S/c1-4-17-13(11(2)3)15-16-14(17)18-10-12-8-6-5-7-9-12/h5-9,11H,4,10H2,1-3H3. The number of nitrogens with zero attached hydrogens (tertiary/aromatic N) is 3. The second-order valence-electron chi connectivity index (χ2n) is 4.51. The molecule has 1 heterocycles. The van der Waals surface area contributed by atoms with Crippen LogP contribution in [0.4, 0.5) is 0 Å². The fourth-order valence-corrected chi connectivity index (χ4v) is 2.82. The molecule has 0 amide bonds. The molecule has 0 bridgehead atoms. The molecule has 0 aliphatic rings. The van der Waals surface area contributed by atoms with Crippen LogP contribution in [0.2, 0.25) is 0 Å². The van der Waals surface area contributed by atoms with E-state index in [0.29, 0.717) is 5.92 Å². The molecule has 4 heteroatoms. The van der Waals surface area contributed by atoms with Gasteiger partial charge < -0.3 is 4.57 Å². The van der Waals surface area contributed by atoms with E-state index in [1.807, 2.05) is 6.07 Å². The number of benzene rings is 1. The predicted octanol–water partition coefficient (Wildman–Crippen LogP) is 3.71. The quantitative estimate of drug-likeness (QED) is 0.769. The van der Waals surface area contributed by atoms with Crippen LogP contribution in [0.1, 0.15) is 38.1 Å². The largest absolute Gasteiger partial charge is 0.306 e. The van der Waals surface area contributed by atoms with Gasteiger partial charge in [0.05, 0.1) is 0 Å². The highest BCUT2D eigenvalue weighted by Crippen LogP contribution is 2.24. The first kappa shape index (κ1) is 13.1. The number of aromatic nitrogens is 3. The van der Waals surface area contributed by atoms with Gasteiger partial charge in [0.1, 0.15) is 5.82 Å². The van der Waals surface area contributed by atoms with E-state index in [1.54, 1.807) is 11.8 Å². The third kappa shape index (κ3) is 2.93. The Hall–Kier alpha value is -1.29. The number of thioether (sulfide) groups is 1. The van der Waals surface area contributed by atoms with Crippen LogP contribution in [0, 0.1) is 0 Å². The Labute approximate surface area is 113 Å². The van der Waals surface area contributed by atoms with Gasteiger partial charge in [0, 0.05) is 18.2 Å². The van der Waals surface area contributed by atoms with E-state index < -0.39 is 0 Å². The Morgan fingerprint density at radius 3 is 2.50 bits per heavy atom. The lowest BCUT2D eigenvalue weighted by molar-refractivity contribution is 0.613. The van der Waals surface area contributed by atoms with Crippen LogP contribution in [0.3, 0.4) is 0 Å². The molecule has 0 aliphatic carbocycles. The van der Waals surface area contributed by atoms with Gasteiger partial charge in [-0.3, -0.25) is 0 Å². The maximum Gasteiger partial charge on any atom is 0.191 e. The molecule has 0 saturated heterocycles. The number of hydrogen-bond acceptors (Lipinski definition) is 3. The molecule has 1 aromatic heterocycles. The second kappa shape index (κ2) is 6.05.